The number of hydrogen-bond acceptors (Lipinski definition) is 2. The van der Waals surface area contributed by atoms with Crippen molar-refractivity contribution < 1.29 is 4.79 Å². The highest BCUT2D eigenvalue weighted by Gasteiger charge is 2.28. The van der Waals surface area contributed by atoms with Crippen LogP contribution in [0.25, 0.3) is 0 Å². The van der Waals surface area contributed by atoms with Crippen molar-refractivity contribution in [1.29, 1.82) is 0 Å². The predicted octanol–water partition coefficient (Wildman–Crippen LogP) is 2.10. The number of likely N-dealkylation sites (tertiary alicyclic amines) is 1. The predicted molar refractivity (Wildman–Crippen MR) is 68.8 cm³/mol. The van der Waals surface area contributed by atoms with Gasteiger partial charge in [0.1, 0.15) is 0 Å². The van der Waals surface area contributed by atoms with E-state index >= 15 is 0 Å². The van der Waals surface area contributed by atoms with Crippen LogP contribution in [0.2, 0.25) is 5.02 Å². The number of carbonyl (C=O) groups excluding carboxylic acids is 1. The van der Waals surface area contributed by atoms with Gasteiger partial charge in [0.15, 0.2) is 0 Å². The molecule has 1 amide bonds. The first-order chi connectivity index (χ1) is 8.08. The van der Waals surface area contributed by atoms with Crippen LogP contribution in [0.3, 0.4) is 0 Å². The van der Waals surface area contributed by atoms with Crippen molar-refractivity contribution in [2.24, 2.45) is 5.73 Å². The zero-order valence-electron chi connectivity index (χ0n) is 9.95. The van der Waals surface area contributed by atoms with Crippen molar-refractivity contribution in [2.45, 2.75) is 32.4 Å². The van der Waals surface area contributed by atoms with Crippen LogP contribution in [-0.4, -0.2) is 23.4 Å². The van der Waals surface area contributed by atoms with E-state index < -0.39 is 0 Å². The molecule has 1 aliphatic rings. The Morgan fingerprint density at radius 2 is 2.35 bits per heavy atom. The molecule has 0 radical (unpaired) electrons. The number of nitrogens with zero attached hydrogens (tertiary/aromatic N) is 1. The Balaban J connectivity index is 2.12. The second-order valence-corrected chi connectivity index (χ2v) is 5.04. The average molecular weight is 253 g/mol. The number of aryl methyl sites for hydroxylation is 1. The van der Waals surface area contributed by atoms with Gasteiger partial charge in [0.2, 0.25) is 5.91 Å². The Morgan fingerprint density at radius 1 is 1.59 bits per heavy atom. The Morgan fingerprint density at radius 3 is 3.00 bits per heavy atom. The molecule has 1 aromatic rings. The van der Waals surface area contributed by atoms with Crippen molar-refractivity contribution in [3.8, 4) is 0 Å². The summed E-state index contributed by atoms with van der Waals surface area (Å²) >= 11 is 5.92. The van der Waals surface area contributed by atoms with Crippen LogP contribution in [0.4, 0.5) is 0 Å². The highest BCUT2D eigenvalue weighted by molar-refractivity contribution is 6.30. The molecule has 1 aromatic carbocycles. The first-order valence-electron chi connectivity index (χ1n) is 5.86. The molecule has 1 saturated heterocycles. The maximum atomic E-state index is 11.3. The SMILES string of the molecule is Cc1cc(Cl)ccc1CN1CCC[C@H]1C(N)=O. The Bertz CT molecular complexity index is 433. The van der Waals surface area contributed by atoms with Crippen LogP contribution >= 0.6 is 11.6 Å². The summed E-state index contributed by atoms with van der Waals surface area (Å²) in [6.45, 7) is 3.75. The molecule has 2 N–H and O–H groups in total. The molecule has 0 aliphatic carbocycles. The van der Waals surface area contributed by atoms with Gasteiger partial charge in [0.05, 0.1) is 6.04 Å². The maximum absolute atomic E-state index is 11.3. The van der Waals surface area contributed by atoms with Gasteiger partial charge < -0.3 is 5.73 Å². The fourth-order valence-electron chi connectivity index (χ4n) is 2.39. The van der Waals surface area contributed by atoms with Gasteiger partial charge in [-0.25, -0.2) is 0 Å². The summed E-state index contributed by atoms with van der Waals surface area (Å²) in [6.07, 6.45) is 1.92. The molecule has 1 atom stereocenters. The van der Waals surface area contributed by atoms with Gasteiger partial charge in [-0.3, -0.25) is 9.69 Å². The van der Waals surface area contributed by atoms with Crippen molar-refractivity contribution in [3.63, 3.8) is 0 Å². The molecule has 0 aromatic heterocycles. The molecule has 2 rings (SSSR count). The highest BCUT2D eigenvalue weighted by atomic mass is 35.5. The first kappa shape index (κ1) is 12.4. The van der Waals surface area contributed by atoms with Crippen LogP contribution in [0.15, 0.2) is 18.2 Å². The van der Waals surface area contributed by atoms with E-state index in [0.717, 1.165) is 36.5 Å². The molecule has 4 heteroatoms. The van der Waals surface area contributed by atoms with Crippen molar-refractivity contribution in [2.75, 3.05) is 6.54 Å². The van der Waals surface area contributed by atoms with Crippen LogP contribution < -0.4 is 5.73 Å². The molecule has 17 heavy (non-hydrogen) atoms. The van der Waals surface area contributed by atoms with Gasteiger partial charge in [-0.1, -0.05) is 17.7 Å². The molecule has 3 nitrogen and oxygen atoms in total. The smallest absolute Gasteiger partial charge is 0.234 e. The number of carbonyl (C=O) groups is 1. The minimum atomic E-state index is -0.214. The molecular weight excluding hydrogens is 236 g/mol. The molecule has 1 heterocycles. The third kappa shape index (κ3) is 2.79. The largest absolute Gasteiger partial charge is 0.368 e. The standard InChI is InChI=1S/C13H17ClN2O/c1-9-7-11(14)5-4-10(9)8-16-6-2-3-12(16)13(15)17/h4-5,7,12H,2-3,6,8H2,1H3,(H2,15,17)/t12-/m0/s1. The second-order valence-electron chi connectivity index (χ2n) is 4.60. The molecule has 0 spiro atoms. The molecule has 0 saturated carbocycles. The van der Waals surface area contributed by atoms with E-state index in [-0.39, 0.29) is 11.9 Å². The van der Waals surface area contributed by atoms with E-state index in [1.807, 2.05) is 25.1 Å². The average Bonchev–Trinajstić information content (AvgIpc) is 2.70. The lowest BCUT2D eigenvalue weighted by atomic mass is 10.1. The zero-order chi connectivity index (χ0) is 12.4. The third-order valence-corrected chi connectivity index (χ3v) is 3.61. The summed E-state index contributed by atoms with van der Waals surface area (Å²) in [4.78, 5) is 13.5. The lowest BCUT2D eigenvalue weighted by Crippen LogP contribution is -2.39. The first-order valence-corrected chi connectivity index (χ1v) is 6.24. The summed E-state index contributed by atoms with van der Waals surface area (Å²) in [5.74, 6) is -0.214. The summed E-state index contributed by atoms with van der Waals surface area (Å²) in [5.41, 5.74) is 7.77. The number of nitrogens with two attached hydrogens (primary N) is 1. The number of rotatable bonds is 3. The molecule has 1 aliphatic heterocycles. The molecule has 1 fully saturated rings. The lowest BCUT2D eigenvalue weighted by Gasteiger charge is -2.22. The van der Waals surface area contributed by atoms with Gasteiger partial charge in [-0.15, -0.1) is 0 Å². The van der Waals surface area contributed by atoms with Crippen molar-refractivity contribution in [3.05, 3.63) is 34.3 Å². The Hall–Kier alpha value is -1.06. The van der Waals surface area contributed by atoms with E-state index in [2.05, 4.69) is 4.90 Å². The van der Waals surface area contributed by atoms with Gasteiger partial charge in [-0.05, 0) is 49.6 Å². The summed E-state index contributed by atoms with van der Waals surface area (Å²) in [7, 11) is 0. The fraction of sp³-hybridized carbons (Fsp3) is 0.462. The maximum Gasteiger partial charge on any atom is 0.234 e. The minimum Gasteiger partial charge on any atom is -0.368 e. The van der Waals surface area contributed by atoms with Crippen molar-refractivity contribution in [1.82, 2.24) is 4.90 Å². The van der Waals surface area contributed by atoms with Crippen LogP contribution in [0.5, 0.6) is 0 Å². The fourth-order valence-corrected chi connectivity index (χ4v) is 2.62. The van der Waals surface area contributed by atoms with E-state index in [4.69, 9.17) is 17.3 Å². The lowest BCUT2D eigenvalue weighted by molar-refractivity contribution is -0.122. The van der Waals surface area contributed by atoms with Crippen LogP contribution in [-0.2, 0) is 11.3 Å². The monoisotopic (exact) mass is 252 g/mol. The number of amides is 1. The quantitative estimate of drug-likeness (QED) is 0.896. The molecule has 92 valence electrons. The van der Waals surface area contributed by atoms with Crippen LogP contribution in [0.1, 0.15) is 24.0 Å². The molecular formula is C13H17ClN2O. The van der Waals surface area contributed by atoms with Crippen LogP contribution in [0, 0.1) is 6.92 Å². The van der Waals surface area contributed by atoms with Gasteiger partial charge in [0.25, 0.3) is 0 Å². The van der Waals surface area contributed by atoms with E-state index in [9.17, 15) is 4.79 Å². The summed E-state index contributed by atoms with van der Waals surface area (Å²) in [5, 5.41) is 0.749. The number of primary amides is 1. The molecule has 0 bridgehead atoms. The number of benzene rings is 1. The zero-order valence-corrected chi connectivity index (χ0v) is 10.7. The Kier molecular flexibility index (Phi) is 3.69. The number of hydrogen-bond donors (Lipinski definition) is 1. The Labute approximate surface area is 107 Å². The van der Waals surface area contributed by atoms with Gasteiger partial charge in [0, 0.05) is 11.6 Å². The van der Waals surface area contributed by atoms with Gasteiger partial charge >= 0.3 is 0 Å². The third-order valence-electron chi connectivity index (χ3n) is 3.37. The van der Waals surface area contributed by atoms with E-state index in [0.29, 0.717) is 0 Å². The molecule has 0 unspecified atom stereocenters. The van der Waals surface area contributed by atoms with Crippen molar-refractivity contribution >= 4 is 17.5 Å². The summed E-state index contributed by atoms with van der Waals surface area (Å²) in [6, 6.07) is 5.75. The second kappa shape index (κ2) is 5.07. The van der Waals surface area contributed by atoms with E-state index in [1.54, 1.807) is 0 Å². The summed E-state index contributed by atoms with van der Waals surface area (Å²) < 4.78 is 0. The van der Waals surface area contributed by atoms with Gasteiger partial charge in [-0.2, -0.15) is 0 Å². The minimum absolute atomic E-state index is 0.106. The topological polar surface area (TPSA) is 46.3 Å². The number of halogens is 1. The highest BCUT2D eigenvalue weighted by Crippen LogP contribution is 2.22. The van der Waals surface area contributed by atoms with E-state index in [1.165, 1.54) is 5.56 Å². The normalized spacial score (nSPS) is 20.7.